The van der Waals surface area contributed by atoms with Crippen LogP contribution < -0.4 is 87.4 Å². The van der Waals surface area contributed by atoms with E-state index in [1.165, 1.54) is 0 Å². The van der Waals surface area contributed by atoms with Gasteiger partial charge in [0.15, 0.2) is 0 Å². The van der Waals surface area contributed by atoms with Crippen molar-refractivity contribution in [1.29, 1.82) is 0 Å². The van der Waals surface area contributed by atoms with E-state index >= 15 is 0 Å². The van der Waals surface area contributed by atoms with E-state index in [4.69, 9.17) is 37.9 Å². The minimum Gasteiger partial charge on any atom is -0.491 e. The van der Waals surface area contributed by atoms with Crippen molar-refractivity contribution in [2.75, 3.05) is 50.4 Å². The number of anilines is 6. The fraction of sp³-hybridized carbons (Fsp3) is 0.132. The number of benzene rings is 11. The Bertz CT molecular complexity index is 4710. The number of aromatic nitrogens is 1. The molecule has 11 nitrogen and oxygen atoms in total. The molecule has 11 aromatic carbocycles. The summed E-state index contributed by atoms with van der Waals surface area (Å²) >= 11 is 0. The van der Waals surface area contributed by atoms with Gasteiger partial charge in [-0.15, -0.1) is 0 Å². The molecule has 0 N–H and O–H groups in total. The Morgan fingerprint density at radius 3 is 1.11 bits per heavy atom. The first-order chi connectivity index (χ1) is 44.2. The maximum atomic E-state index is 7.70. The summed E-state index contributed by atoms with van der Waals surface area (Å²) in [4.78, 5) is 4.97. The van der Waals surface area contributed by atoms with Gasteiger partial charge < -0.3 is 52.3 Å². The van der Waals surface area contributed by atoms with Gasteiger partial charge in [0.2, 0.25) is 0 Å². The Morgan fingerprint density at radius 1 is 0.333 bits per heavy atom. The van der Waals surface area contributed by atoms with E-state index < -0.39 is 6.71 Å². The van der Waals surface area contributed by atoms with Crippen LogP contribution in [0.15, 0.2) is 194 Å². The molecule has 6 aliphatic rings. The lowest BCUT2D eigenvalue weighted by atomic mass is 9.29. The van der Waals surface area contributed by atoms with Crippen molar-refractivity contribution in [1.82, 2.24) is 4.57 Å². The van der Waals surface area contributed by atoms with Crippen LogP contribution in [0.4, 0.5) is 34.1 Å². The van der Waals surface area contributed by atoms with Gasteiger partial charge in [0.05, 0.1) is 29.9 Å². The molecule has 0 amide bonds. The molecule has 0 bridgehead atoms. The SMILES string of the molecule is COCCOc1ccc2c(c1)c1cc(OCCOC)ccc1n2-c1cc2c3c(c1)N(c1cc(C)cc(C)c1)c1cc4c5c(c1B3c1c(cc3c6c1Oc1ccccc1B6c1ccccc1O3)N2c1cc(C)cc(C)c1)Oc1ccccc1B5c1ccccc1O4. The number of methoxy groups -OCH3 is 2. The molecule has 0 spiro atoms. The monoisotopic (exact) mass is 1170 g/mol. The van der Waals surface area contributed by atoms with Gasteiger partial charge in [-0.1, -0.05) is 84.9 Å². The number of aryl methyl sites for hydroxylation is 4. The second-order valence-electron chi connectivity index (χ2n) is 24.6. The first-order valence-corrected chi connectivity index (χ1v) is 30.9. The second-order valence-corrected chi connectivity index (χ2v) is 24.6. The molecule has 0 saturated carbocycles. The summed E-state index contributed by atoms with van der Waals surface area (Å²) in [5, 5.41) is 2.03. The molecular weight excluding hydrogens is 1120 g/mol. The second kappa shape index (κ2) is 20.1. The topological polar surface area (TPSA) is 85.3 Å². The highest BCUT2D eigenvalue weighted by Gasteiger charge is 2.54. The summed E-state index contributed by atoms with van der Waals surface area (Å²) in [5.74, 6) is 7.82. The Morgan fingerprint density at radius 2 is 0.711 bits per heavy atom. The van der Waals surface area contributed by atoms with E-state index in [9.17, 15) is 0 Å². The standard InChI is InChI=1S/C76H58B3N3O8/c1-43-31-44(2)34-47(33-43)81-60-37-49(80-58-25-23-50(85-29-27-83-5)39-52(58)53-40-51(24-26-59(53)80)86-30-28-84-6)38-61-70(60)79(71-62(81)41-68-73-75(71)89-66-21-13-9-17-56(66)77(73)54-15-7-11-19-64(54)87-68)72-63(82(61)48-35-45(3)32-46(4)36-48)42-69-74-76(72)90-67-22-14-10-18-57(67)78(74)55-16-8-12-20-65(55)88-69/h7-26,31-42H,27-30H2,1-6H3. The smallest absolute Gasteiger partial charge is 0.261 e. The van der Waals surface area contributed by atoms with Crippen molar-refractivity contribution >= 4 is 125 Å². The zero-order valence-corrected chi connectivity index (χ0v) is 50.6. The highest BCUT2D eigenvalue weighted by atomic mass is 16.5. The number of ether oxygens (including phenoxy) is 8. The van der Waals surface area contributed by atoms with Gasteiger partial charge in [-0.05, 0) is 185 Å². The van der Waals surface area contributed by atoms with Gasteiger partial charge in [-0.2, -0.15) is 0 Å². The largest absolute Gasteiger partial charge is 0.491 e. The molecule has 7 heterocycles. The normalized spacial score (nSPS) is 13.7. The molecule has 434 valence electrons. The molecule has 0 saturated heterocycles. The molecule has 1 aromatic heterocycles. The highest BCUT2D eigenvalue weighted by molar-refractivity contribution is 7.05. The lowest BCUT2D eigenvalue weighted by Gasteiger charge is -2.47. The van der Waals surface area contributed by atoms with Crippen molar-refractivity contribution in [3.63, 3.8) is 0 Å². The Hall–Kier alpha value is -10.3. The van der Waals surface area contributed by atoms with Gasteiger partial charge in [0, 0.05) is 82.2 Å². The van der Waals surface area contributed by atoms with E-state index in [1.54, 1.807) is 14.2 Å². The van der Waals surface area contributed by atoms with E-state index in [0.29, 0.717) is 26.4 Å². The number of hydrogen-bond donors (Lipinski definition) is 0. The Labute approximate surface area is 522 Å². The van der Waals surface area contributed by atoms with Crippen molar-refractivity contribution < 1.29 is 37.9 Å². The number of rotatable bonds is 11. The van der Waals surface area contributed by atoms with E-state index in [0.717, 1.165) is 191 Å². The molecular formula is C76H58B3N3O8. The van der Waals surface area contributed by atoms with Gasteiger partial charge in [-0.25, -0.2) is 0 Å². The molecule has 0 unspecified atom stereocenters. The van der Waals surface area contributed by atoms with Crippen molar-refractivity contribution in [2.45, 2.75) is 27.7 Å². The lowest BCUT2D eigenvalue weighted by Crippen LogP contribution is -2.66. The first-order valence-electron chi connectivity index (χ1n) is 30.9. The van der Waals surface area contributed by atoms with Crippen LogP contribution in [-0.2, 0) is 9.47 Å². The summed E-state index contributed by atoms with van der Waals surface area (Å²) in [6.07, 6.45) is 0. The molecule has 90 heavy (non-hydrogen) atoms. The summed E-state index contributed by atoms with van der Waals surface area (Å²) in [5.41, 5.74) is 22.9. The Balaban J connectivity index is 1.00. The molecule has 12 aromatic rings. The third-order valence-corrected chi connectivity index (χ3v) is 18.9. The highest BCUT2D eigenvalue weighted by Crippen LogP contribution is 2.52. The molecule has 0 atom stereocenters. The third kappa shape index (κ3) is 7.83. The molecule has 14 heteroatoms. The van der Waals surface area contributed by atoms with Gasteiger partial charge in [-0.3, -0.25) is 0 Å². The predicted molar refractivity (Wildman–Crippen MR) is 364 cm³/mol. The van der Waals surface area contributed by atoms with Crippen molar-refractivity contribution in [3.05, 3.63) is 216 Å². The number of nitrogens with zero attached hydrogens (tertiary/aromatic N) is 3. The number of para-hydroxylation sites is 4. The fourth-order valence-electron chi connectivity index (χ4n) is 15.6. The van der Waals surface area contributed by atoms with Crippen LogP contribution >= 0.6 is 0 Å². The maximum Gasteiger partial charge on any atom is 0.261 e. The minimum absolute atomic E-state index is 0.186. The number of hydrogen-bond acceptors (Lipinski definition) is 10. The molecule has 0 radical (unpaired) electrons. The first kappa shape index (κ1) is 52.8. The third-order valence-electron chi connectivity index (χ3n) is 18.9. The average Bonchev–Trinajstić information content (AvgIpc) is 0.729. The Kier molecular flexibility index (Phi) is 11.8. The van der Waals surface area contributed by atoms with Gasteiger partial charge >= 0.3 is 0 Å². The van der Waals surface area contributed by atoms with Crippen LogP contribution in [0.25, 0.3) is 27.5 Å². The number of fused-ring (bicyclic) bond motifs is 17. The van der Waals surface area contributed by atoms with Crippen molar-refractivity contribution in [3.8, 4) is 63.2 Å². The van der Waals surface area contributed by atoms with Gasteiger partial charge in [0.25, 0.3) is 20.1 Å². The summed E-state index contributed by atoms with van der Waals surface area (Å²) in [6, 6.07) is 70.0. The van der Waals surface area contributed by atoms with E-state index in [-0.39, 0.29) is 13.4 Å². The van der Waals surface area contributed by atoms with Crippen LogP contribution in [0, 0.1) is 27.7 Å². The molecule has 0 fully saturated rings. The molecule has 6 aliphatic heterocycles. The minimum atomic E-state index is -0.498. The summed E-state index contributed by atoms with van der Waals surface area (Å²) in [7, 11) is 3.38. The predicted octanol–water partition coefficient (Wildman–Crippen LogP) is 11.6. The molecule has 0 aliphatic carbocycles. The fourth-order valence-corrected chi connectivity index (χ4v) is 15.6. The maximum absolute atomic E-state index is 7.70. The summed E-state index contributed by atoms with van der Waals surface area (Å²) < 4.78 is 56.0. The zero-order valence-electron chi connectivity index (χ0n) is 50.6. The quantitative estimate of drug-likeness (QED) is 0.0922. The van der Waals surface area contributed by atoms with Crippen LogP contribution in [0.1, 0.15) is 22.3 Å². The average molecular weight is 1170 g/mol. The van der Waals surface area contributed by atoms with Crippen LogP contribution in [0.5, 0.6) is 57.5 Å². The van der Waals surface area contributed by atoms with Crippen LogP contribution in [0.2, 0.25) is 0 Å². The van der Waals surface area contributed by atoms with Crippen LogP contribution in [0.3, 0.4) is 0 Å². The zero-order chi connectivity index (χ0) is 60.2. The van der Waals surface area contributed by atoms with Gasteiger partial charge in [0.1, 0.15) is 70.7 Å². The summed E-state index contributed by atoms with van der Waals surface area (Å²) in [6.45, 7) is 9.63. The lowest BCUT2D eigenvalue weighted by molar-refractivity contribution is 0.146. The van der Waals surface area contributed by atoms with E-state index in [1.807, 2.05) is 0 Å². The molecule has 18 rings (SSSR count). The van der Waals surface area contributed by atoms with E-state index in [2.05, 4.69) is 236 Å². The van der Waals surface area contributed by atoms with Crippen LogP contribution in [-0.4, -0.2) is 65.4 Å². The van der Waals surface area contributed by atoms with Crippen molar-refractivity contribution in [2.24, 2.45) is 0 Å².